The summed E-state index contributed by atoms with van der Waals surface area (Å²) in [5.41, 5.74) is 0. The van der Waals surface area contributed by atoms with Crippen LogP contribution in [0.2, 0.25) is 0 Å². The summed E-state index contributed by atoms with van der Waals surface area (Å²) in [5, 5.41) is 16.2. The number of rotatable bonds is 6. The lowest BCUT2D eigenvalue weighted by molar-refractivity contribution is 0.0640. The van der Waals surface area contributed by atoms with Gasteiger partial charge in [-0.05, 0) is 7.05 Å². The lowest BCUT2D eigenvalue weighted by atomic mass is 10.5. The predicted molar refractivity (Wildman–Crippen MR) is 38.3 cm³/mol. The SMILES string of the molecule is CNC([O])CNCCOC. The van der Waals surface area contributed by atoms with Crippen LogP contribution in [0.15, 0.2) is 0 Å². The molecule has 1 unspecified atom stereocenters. The van der Waals surface area contributed by atoms with Crippen molar-refractivity contribution in [1.29, 1.82) is 0 Å². The van der Waals surface area contributed by atoms with Crippen LogP contribution in [0.3, 0.4) is 0 Å². The van der Waals surface area contributed by atoms with Gasteiger partial charge in [0.15, 0.2) is 6.23 Å². The molecule has 0 aliphatic heterocycles. The zero-order valence-electron chi connectivity index (χ0n) is 6.52. The first kappa shape index (κ1) is 9.84. The zero-order valence-corrected chi connectivity index (χ0v) is 6.52. The minimum atomic E-state index is -0.711. The smallest absolute Gasteiger partial charge is 0.156 e. The molecule has 0 saturated carbocycles. The van der Waals surface area contributed by atoms with Crippen molar-refractivity contribution in [1.82, 2.24) is 10.6 Å². The molecule has 2 N–H and O–H groups in total. The first-order chi connectivity index (χ1) is 4.81. The van der Waals surface area contributed by atoms with Crippen LogP contribution >= 0.6 is 0 Å². The highest BCUT2D eigenvalue weighted by Crippen LogP contribution is 1.71. The zero-order chi connectivity index (χ0) is 7.82. The molecule has 0 aromatic heterocycles. The van der Waals surface area contributed by atoms with Gasteiger partial charge in [0.2, 0.25) is 0 Å². The van der Waals surface area contributed by atoms with Gasteiger partial charge in [-0.1, -0.05) is 0 Å². The summed E-state index contributed by atoms with van der Waals surface area (Å²) in [7, 11) is 3.28. The first-order valence-electron chi connectivity index (χ1n) is 3.34. The topological polar surface area (TPSA) is 53.2 Å². The number of hydrogen-bond acceptors (Lipinski definition) is 3. The Morgan fingerprint density at radius 3 is 2.80 bits per heavy atom. The number of methoxy groups -OCH3 is 1. The highest BCUT2D eigenvalue weighted by molar-refractivity contribution is 4.52. The average molecular weight is 147 g/mol. The van der Waals surface area contributed by atoms with Gasteiger partial charge in [0.1, 0.15) is 0 Å². The monoisotopic (exact) mass is 147 g/mol. The molecule has 0 aromatic carbocycles. The second-order valence-corrected chi connectivity index (χ2v) is 1.97. The summed E-state index contributed by atoms with van der Waals surface area (Å²) < 4.78 is 4.77. The van der Waals surface area contributed by atoms with E-state index in [-0.39, 0.29) is 0 Å². The van der Waals surface area contributed by atoms with E-state index in [0.717, 1.165) is 6.54 Å². The molecule has 0 rings (SSSR count). The largest absolute Gasteiger partial charge is 0.383 e. The van der Waals surface area contributed by atoms with Gasteiger partial charge in [-0.2, -0.15) is 0 Å². The molecule has 10 heavy (non-hydrogen) atoms. The van der Waals surface area contributed by atoms with E-state index in [9.17, 15) is 5.11 Å². The van der Waals surface area contributed by atoms with Crippen molar-refractivity contribution in [2.45, 2.75) is 6.23 Å². The number of ether oxygens (including phenoxy) is 1. The van der Waals surface area contributed by atoms with E-state index in [1.54, 1.807) is 14.2 Å². The molecule has 0 aliphatic carbocycles. The fourth-order valence-electron chi connectivity index (χ4n) is 0.509. The molecular weight excluding hydrogens is 132 g/mol. The first-order valence-corrected chi connectivity index (χ1v) is 3.34. The van der Waals surface area contributed by atoms with Gasteiger partial charge in [-0.15, -0.1) is 0 Å². The molecule has 0 heterocycles. The summed E-state index contributed by atoms with van der Waals surface area (Å²) in [6.45, 7) is 1.83. The molecule has 4 heteroatoms. The van der Waals surface area contributed by atoms with E-state index < -0.39 is 6.23 Å². The molecule has 0 saturated heterocycles. The number of hydrogen-bond donors (Lipinski definition) is 2. The molecule has 0 spiro atoms. The highest BCUT2D eigenvalue weighted by Gasteiger charge is 1.98. The van der Waals surface area contributed by atoms with Crippen molar-refractivity contribution in [3.05, 3.63) is 0 Å². The standard InChI is InChI=1S/C6H15N2O2/c1-7-6(9)5-8-3-4-10-2/h6-8H,3-5H2,1-2H3. The summed E-state index contributed by atoms with van der Waals surface area (Å²) in [4.78, 5) is 0. The van der Waals surface area contributed by atoms with Gasteiger partial charge in [0.25, 0.3) is 0 Å². The maximum absolute atomic E-state index is 10.6. The molecule has 4 nitrogen and oxygen atoms in total. The van der Waals surface area contributed by atoms with Crippen LogP contribution in [-0.4, -0.2) is 40.1 Å². The third-order valence-electron chi connectivity index (χ3n) is 1.13. The van der Waals surface area contributed by atoms with E-state index in [0.29, 0.717) is 13.2 Å². The maximum atomic E-state index is 10.6. The van der Waals surface area contributed by atoms with Crippen molar-refractivity contribution in [3.63, 3.8) is 0 Å². The van der Waals surface area contributed by atoms with Crippen LogP contribution in [0.5, 0.6) is 0 Å². The minimum Gasteiger partial charge on any atom is -0.383 e. The van der Waals surface area contributed by atoms with Gasteiger partial charge < -0.3 is 10.1 Å². The Morgan fingerprint density at radius 1 is 1.60 bits per heavy atom. The van der Waals surface area contributed by atoms with E-state index in [1.165, 1.54) is 0 Å². The van der Waals surface area contributed by atoms with E-state index in [2.05, 4.69) is 10.6 Å². The third-order valence-corrected chi connectivity index (χ3v) is 1.13. The van der Waals surface area contributed by atoms with Crippen molar-refractivity contribution >= 4 is 0 Å². The Hall–Kier alpha value is -0.160. The average Bonchev–Trinajstić information content (AvgIpc) is 1.98. The second-order valence-electron chi connectivity index (χ2n) is 1.97. The van der Waals surface area contributed by atoms with Gasteiger partial charge in [0.05, 0.1) is 6.61 Å². The van der Waals surface area contributed by atoms with Crippen LogP contribution in [-0.2, 0) is 9.84 Å². The van der Waals surface area contributed by atoms with Crippen molar-refractivity contribution in [3.8, 4) is 0 Å². The molecule has 1 radical (unpaired) electrons. The van der Waals surface area contributed by atoms with Gasteiger partial charge >= 0.3 is 0 Å². The van der Waals surface area contributed by atoms with Crippen LogP contribution in [0.1, 0.15) is 0 Å². The van der Waals surface area contributed by atoms with Gasteiger partial charge in [-0.25, -0.2) is 5.11 Å². The molecule has 61 valence electrons. The molecule has 0 fully saturated rings. The van der Waals surface area contributed by atoms with Crippen LogP contribution in [0, 0.1) is 0 Å². The Bertz CT molecular complexity index is 70.8. The lowest BCUT2D eigenvalue weighted by Crippen LogP contribution is -2.36. The van der Waals surface area contributed by atoms with Crippen molar-refractivity contribution in [2.75, 3.05) is 33.9 Å². The van der Waals surface area contributed by atoms with Crippen LogP contribution < -0.4 is 10.6 Å². The minimum absolute atomic E-state index is 0.444. The Morgan fingerprint density at radius 2 is 2.30 bits per heavy atom. The van der Waals surface area contributed by atoms with Crippen molar-refractivity contribution < 1.29 is 9.84 Å². The van der Waals surface area contributed by atoms with E-state index in [1.807, 2.05) is 0 Å². The van der Waals surface area contributed by atoms with Crippen LogP contribution in [0.4, 0.5) is 0 Å². The fraction of sp³-hybridized carbons (Fsp3) is 1.00. The molecular formula is C6H15N2O2. The molecule has 0 amide bonds. The summed E-state index contributed by atoms with van der Waals surface area (Å²) in [5.74, 6) is 0. The van der Waals surface area contributed by atoms with Gasteiger partial charge in [0, 0.05) is 20.2 Å². The van der Waals surface area contributed by atoms with Crippen molar-refractivity contribution in [2.24, 2.45) is 0 Å². The lowest BCUT2D eigenvalue weighted by Gasteiger charge is -2.07. The Labute approximate surface area is 61.6 Å². The molecule has 1 atom stereocenters. The molecule has 0 aliphatic rings. The van der Waals surface area contributed by atoms with E-state index >= 15 is 0 Å². The summed E-state index contributed by atoms with van der Waals surface area (Å²) in [6, 6.07) is 0. The highest BCUT2D eigenvalue weighted by atomic mass is 16.5. The van der Waals surface area contributed by atoms with Gasteiger partial charge in [-0.3, -0.25) is 5.32 Å². The Balaban J connectivity index is 2.89. The third kappa shape index (κ3) is 5.97. The number of likely N-dealkylation sites (N-methyl/N-ethyl adjacent to an activating group) is 1. The summed E-state index contributed by atoms with van der Waals surface area (Å²) >= 11 is 0. The van der Waals surface area contributed by atoms with Crippen LogP contribution in [0.25, 0.3) is 0 Å². The Kier molecular flexibility index (Phi) is 6.84. The molecule has 0 bridgehead atoms. The molecule has 0 aromatic rings. The van der Waals surface area contributed by atoms with E-state index in [4.69, 9.17) is 4.74 Å². The fourth-order valence-corrected chi connectivity index (χ4v) is 0.509. The number of nitrogens with one attached hydrogen (secondary N) is 2. The second kappa shape index (κ2) is 6.95. The normalized spacial score (nSPS) is 13.5. The summed E-state index contributed by atoms with van der Waals surface area (Å²) in [6.07, 6.45) is -0.711. The quantitative estimate of drug-likeness (QED) is 0.382. The maximum Gasteiger partial charge on any atom is 0.156 e. The predicted octanol–water partition coefficient (Wildman–Crippen LogP) is -0.802.